The zero-order chi connectivity index (χ0) is 21.8. The summed E-state index contributed by atoms with van der Waals surface area (Å²) in [6.45, 7) is 0.274. The van der Waals surface area contributed by atoms with Gasteiger partial charge in [-0.25, -0.2) is 9.37 Å². The van der Waals surface area contributed by atoms with Crippen molar-refractivity contribution in [2.75, 3.05) is 0 Å². The molecular formula is C23H15Cl2FN2O3. The molecule has 31 heavy (non-hydrogen) atoms. The predicted octanol–water partition coefficient (Wildman–Crippen LogP) is 6.51. The van der Waals surface area contributed by atoms with Crippen LogP contribution in [0, 0.1) is 5.82 Å². The number of carbonyl (C=O) groups excluding carboxylic acids is 1. The summed E-state index contributed by atoms with van der Waals surface area (Å²) in [5, 5.41) is 3.64. The maximum absolute atomic E-state index is 13.0. The molecule has 0 spiro atoms. The number of rotatable bonds is 6. The average Bonchev–Trinajstić information content (AvgIpc) is 3.24. The molecule has 0 aliphatic rings. The first-order valence-electron chi connectivity index (χ1n) is 9.19. The van der Waals surface area contributed by atoms with Gasteiger partial charge in [-0.05, 0) is 60.2 Å². The molecule has 8 heteroatoms. The summed E-state index contributed by atoms with van der Waals surface area (Å²) in [6.07, 6.45) is 1.19. The van der Waals surface area contributed by atoms with Crippen LogP contribution in [-0.4, -0.2) is 10.9 Å². The van der Waals surface area contributed by atoms with Gasteiger partial charge in [0.2, 0.25) is 0 Å². The number of nitrogens with zero attached hydrogens (tertiary/aromatic N) is 1. The lowest BCUT2D eigenvalue weighted by Crippen LogP contribution is -2.23. The summed E-state index contributed by atoms with van der Waals surface area (Å²) in [7, 11) is 0. The number of amides is 1. The highest BCUT2D eigenvalue weighted by atomic mass is 35.5. The molecule has 3 aromatic carbocycles. The third kappa shape index (κ3) is 5.05. The highest BCUT2D eigenvalue weighted by molar-refractivity contribution is 6.36. The van der Waals surface area contributed by atoms with Crippen molar-refractivity contribution >= 4 is 29.1 Å². The lowest BCUT2D eigenvalue weighted by atomic mass is 10.1. The second kappa shape index (κ2) is 9.20. The van der Waals surface area contributed by atoms with Gasteiger partial charge in [0.05, 0.1) is 5.02 Å². The monoisotopic (exact) mass is 456 g/mol. The molecule has 1 aromatic heterocycles. The Bertz CT molecular complexity index is 1210. The van der Waals surface area contributed by atoms with E-state index in [4.69, 9.17) is 32.4 Å². The number of aromatic nitrogens is 1. The minimum atomic E-state index is -0.401. The van der Waals surface area contributed by atoms with E-state index in [1.54, 1.807) is 42.5 Å². The average molecular weight is 457 g/mol. The van der Waals surface area contributed by atoms with Crippen LogP contribution in [0.3, 0.4) is 0 Å². The second-order valence-corrected chi connectivity index (χ2v) is 7.38. The van der Waals surface area contributed by atoms with E-state index in [-0.39, 0.29) is 23.8 Å². The Morgan fingerprint density at radius 1 is 1.00 bits per heavy atom. The van der Waals surface area contributed by atoms with Gasteiger partial charge in [-0.3, -0.25) is 4.79 Å². The van der Waals surface area contributed by atoms with Gasteiger partial charge in [-0.2, -0.15) is 0 Å². The molecule has 0 fully saturated rings. The molecular weight excluding hydrogens is 442 g/mol. The maximum atomic E-state index is 13.0. The fourth-order valence-corrected chi connectivity index (χ4v) is 3.35. The smallest absolute Gasteiger partial charge is 0.274 e. The number of nitrogens with one attached hydrogen (secondary N) is 1. The minimum Gasteiger partial charge on any atom is -0.457 e. The summed E-state index contributed by atoms with van der Waals surface area (Å²) in [6, 6.07) is 17.8. The van der Waals surface area contributed by atoms with Gasteiger partial charge in [-0.1, -0.05) is 35.3 Å². The molecule has 5 nitrogen and oxygen atoms in total. The van der Waals surface area contributed by atoms with Crippen molar-refractivity contribution in [1.82, 2.24) is 10.3 Å². The van der Waals surface area contributed by atoms with E-state index in [0.717, 1.165) is 5.56 Å². The van der Waals surface area contributed by atoms with Crippen LogP contribution in [-0.2, 0) is 6.54 Å². The van der Waals surface area contributed by atoms with E-state index in [0.29, 0.717) is 27.1 Å². The molecule has 0 radical (unpaired) electrons. The molecule has 156 valence electrons. The van der Waals surface area contributed by atoms with Crippen LogP contribution in [0.15, 0.2) is 77.5 Å². The first-order chi connectivity index (χ1) is 15.0. The SMILES string of the molecule is O=C(NCc1ccc(Oc2ccc(F)cc2)cc1)c1ncoc1-c1ccc(Cl)cc1Cl. The van der Waals surface area contributed by atoms with Crippen LogP contribution >= 0.6 is 23.2 Å². The van der Waals surface area contributed by atoms with E-state index in [1.807, 2.05) is 12.1 Å². The van der Waals surface area contributed by atoms with Crippen LogP contribution in [0.4, 0.5) is 4.39 Å². The van der Waals surface area contributed by atoms with E-state index in [9.17, 15) is 9.18 Å². The summed E-state index contributed by atoms with van der Waals surface area (Å²) < 4.78 is 24.0. The van der Waals surface area contributed by atoms with Crippen LogP contribution < -0.4 is 10.1 Å². The third-order valence-corrected chi connectivity index (χ3v) is 4.93. The molecule has 0 saturated carbocycles. The highest BCUT2D eigenvalue weighted by Gasteiger charge is 2.20. The number of benzene rings is 3. The third-order valence-electron chi connectivity index (χ3n) is 4.38. The van der Waals surface area contributed by atoms with Crippen molar-refractivity contribution < 1.29 is 18.3 Å². The Hall–Kier alpha value is -3.35. The number of carbonyl (C=O) groups is 1. The summed E-state index contributed by atoms with van der Waals surface area (Å²) in [4.78, 5) is 16.6. The van der Waals surface area contributed by atoms with Crippen LogP contribution in [0.1, 0.15) is 16.1 Å². The molecule has 4 rings (SSSR count). The Labute approximate surface area is 187 Å². The van der Waals surface area contributed by atoms with Gasteiger partial charge in [0.1, 0.15) is 17.3 Å². The van der Waals surface area contributed by atoms with E-state index >= 15 is 0 Å². The van der Waals surface area contributed by atoms with Gasteiger partial charge >= 0.3 is 0 Å². The predicted molar refractivity (Wildman–Crippen MR) is 116 cm³/mol. The molecule has 0 saturated heterocycles. The molecule has 1 amide bonds. The van der Waals surface area contributed by atoms with Crippen LogP contribution in [0.25, 0.3) is 11.3 Å². The van der Waals surface area contributed by atoms with Gasteiger partial charge in [-0.15, -0.1) is 0 Å². The highest BCUT2D eigenvalue weighted by Crippen LogP contribution is 2.32. The summed E-state index contributed by atoms with van der Waals surface area (Å²) in [5.41, 5.74) is 1.51. The molecule has 0 unspecified atom stereocenters. The van der Waals surface area contributed by atoms with Gasteiger partial charge < -0.3 is 14.5 Å². The maximum Gasteiger partial charge on any atom is 0.274 e. The first-order valence-corrected chi connectivity index (χ1v) is 9.94. The fourth-order valence-electron chi connectivity index (χ4n) is 2.85. The van der Waals surface area contributed by atoms with Gasteiger partial charge in [0.25, 0.3) is 5.91 Å². The zero-order valence-corrected chi connectivity index (χ0v) is 17.5. The van der Waals surface area contributed by atoms with E-state index in [2.05, 4.69) is 10.3 Å². The normalized spacial score (nSPS) is 10.7. The zero-order valence-electron chi connectivity index (χ0n) is 15.9. The van der Waals surface area contributed by atoms with E-state index < -0.39 is 5.91 Å². The Kier molecular flexibility index (Phi) is 6.21. The van der Waals surface area contributed by atoms with Crippen molar-refractivity contribution in [2.45, 2.75) is 6.54 Å². The standard InChI is InChI=1S/C23H15Cl2FN2O3/c24-15-3-10-19(20(25)11-15)22-21(28-13-30-22)23(29)27-12-14-1-6-17(7-2-14)31-18-8-4-16(26)5-9-18/h1-11,13H,12H2,(H,27,29). The Morgan fingerprint density at radius 3 is 2.35 bits per heavy atom. The minimum absolute atomic E-state index is 0.125. The molecule has 0 aliphatic carbocycles. The lowest BCUT2D eigenvalue weighted by Gasteiger charge is -2.08. The lowest BCUT2D eigenvalue weighted by molar-refractivity contribution is 0.0947. The topological polar surface area (TPSA) is 64.4 Å². The van der Waals surface area contributed by atoms with Crippen molar-refractivity contribution in [3.05, 3.63) is 100 Å². The number of ether oxygens (including phenoxy) is 1. The van der Waals surface area contributed by atoms with Gasteiger partial charge in [0.15, 0.2) is 17.8 Å². The molecule has 0 bridgehead atoms. The molecule has 1 heterocycles. The molecule has 0 atom stereocenters. The number of hydrogen-bond donors (Lipinski definition) is 1. The van der Waals surface area contributed by atoms with Crippen molar-refractivity contribution in [3.8, 4) is 22.8 Å². The number of halogens is 3. The van der Waals surface area contributed by atoms with Crippen LogP contribution in [0.5, 0.6) is 11.5 Å². The number of oxazole rings is 1. The van der Waals surface area contributed by atoms with Gasteiger partial charge in [0, 0.05) is 17.1 Å². The van der Waals surface area contributed by atoms with Crippen LogP contribution in [0.2, 0.25) is 10.0 Å². The second-order valence-electron chi connectivity index (χ2n) is 6.54. The largest absolute Gasteiger partial charge is 0.457 e. The number of hydrogen-bond acceptors (Lipinski definition) is 4. The quantitative estimate of drug-likeness (QED) is 0.359. The molecule has 4 aromatic rings. The van der Waals surface area contributed by atoms with Crippen molar-refractivity contribution in [3.63, 3.8) is 0 Å². The fraction of sp³-hybridized carbons (Fsp3) is 0.0435. The Morgan fingerprint density at radius 2 is 1.68 bits per heavy atom. The molecule has 1 N–H and O–H groups in total. The summed E-state index contributed by atoms with van der Waals surface area (Å²) in [5.74, 6) is 0.662. The first kappa shape index (κ1) is 20.9. The summed E-state index contributed by atoms with van der Waals surface area (Å²) >= 11 is 12.1. The van der Waals surface area contributed by atoms with Crippen molar-refractivity contribution in [2.24, 2.45) is 0 Å². The Balaban J connectivity index is 1.40. The molecule has 0 aliphatic heterocycles. The van der Waals surface area contributed by atoms with Crippen molar-refractivity contribution in [1.29, 1.82) is 0 Å². The van der Waals surface area contributed by atoms with E-state index in [1.165, 1.54) is 18.5 Å².